The van der Waals surface area contributed by atoms with Crippen molar-refractivity contribution in [2.75, 3.05) is 0 Å². The number of benzene rings is 1. The summed E-state index contributed by atoms with van der Waals surface area (Å²) in [5, 5.41) is 3.88. The quantitative estimate of drug-likeness (QED) is 0.729. The second-order valence-electron chi connectivity index (χ2n) is 4.11. The summed E-state index contributed by atoms with van der Waals surface area (Å²) in [5.74, 6) is 0.796. The van der Waals surface area contributed by atoms with Crippen LogP contribution in [-0.4, -0.2) is 14.7 Å². The lowest BCUT2D eigenvalue weighted by Gasteiger charge is -2.01. The predicted molar refractivity (Wildman–Crippen MR) is 75.2 cm³/mol. The first-order valence-corrected chi connectivity index (χ1v) is 6.64. The van der Waals surface area contributed by atoms with E-state index in [9.17, 15) is 0 Å². The zero-order chi connectivity index (χ0) is 12.7. The van der Waals surface area contributed by atoms with Crippen molar-refractivity contribution in [2.24, 2.45) is 0 Å². The summed E-state index contributed by atoms with van der Waals surface area (Å²) in [6.45, 7) is 2.48. The van der Waals surface area contributed by atoms with Gasteiger partial charge in [0.05, 0.1) is 23.3 Å². The average Bonchev–Trinajstić information content (AvgIpc) is 2.86. The van der Waals surface area contributed by atoms with Crippen LogP contribution in [0, 0.1) is 11.7 Å². The first kappa shape index (κ1) is 11.7. The molecule has 0 aliphatic heterocycles. The number of aromatic nitrogens is 3. The highest BCUT2D eigenvalue weighted by Crippen LogP contribution is 2.20. The van der Waals surface area contributed by atoms with E-state index in [4.69, 9.17) is 16.7 Å². The van der Waals surface area contributed by atoms with E-state index in [0.29, 0.717) is 11.3 Å². The maximum Gasteiger partial charge on any atom is 0.178 e. The van der Waals surface area contributed by atoms with Gasteiger partial charge in [-0.25, -0.2) is 0 Å². The van der Waals surface area contributed by atoms with Crippen LogP contribution in [0.15, 0.2) is 33.3 Å². The Kier molecular flexibility index (Phi) is 2.83. The van der Waals surface area contributed by atoms with Crippen LogP contribution in [0.3, 0.4) is 0 Å². The Bertz CT molecular complexity index is 771. The number of fused-ring (bicyclic) bond motifs is 1. The van der Waals surface area contributed by atoms with Crippen molar-refractivity contribution in [2.45, 2.75) is 13.5 Å². The molecule has 3 rings (SSSR count). The van der Waals surface area contributed by atoms with Gasteiger partial charge in [0.1, 0.15) is 0 Å². The summed E-state index contributed by atoms with van der Waals surface area (Å²) >= 11 is 8.80. The highest BCUT2D eigenvalue weighted by atomic mass is 79.9. The average molecular weight is 324 g/mol. The van der Waals surface area contributed by atoms with E-state index in [1.54, 1.807) is 0 Å². The van der Waals surface area contributed by atoms with Gasteiger partial charge in [0.15, 0.2) is 10.5 Å². The molecule has 0 fully saturated rings. The number of H-pyrrole nitrogens is 1. The van der Waals surface area contributed by atoms with E-state index >= 15 is 0 Å². The molecule has 2 heterocycles. The molecule has 0 bridgehead atoms. The van der Waals surface area contributed by atoms with Gasteiger partial charge in [-0.2, -0.15) is 0 Å². The number of aromatic amines is 1. The lowest BCUT2D eigenvalue weighted by Crippen LogP contribution is -1.98. The van der Waals surface area contributed by atoms with Crippen molar-refractivity contribution in [3.63, 3.8) is 0 Å². The molecule has 0 atom stereocenters. The molecule has 0 aliphatic carbocycles. The van der Waals surface area contributed by atoms with Crippen molar-refractivity contribution in [1.29, 1.82) is 0 Å². The van der Waals surface area contributed by atoms with Gasteiger partial charge >= 0.3 is 0 Å². The second kappa shape index (κ2) is 4.37. The number of nitrogens with one attached hydrogen (secondary N) is 1. The highest BCUT2D eigenvalue weighted by molar-refractivity contribution is 9.10. The van der Waals surface area contributed by atoms with Gasteiger partial charge in [-0.05, 0) is 37.3 Å². The van der Waals surface area contributed by atoms with Crippen molar-refractivity contribution >= 4 is 39.2 Å². The SMILES string of the molecule is Cc1cc(Cn2c(=S)[nH]c3ccc(Br)cc32)on1. The molecule has 0 unspecified atom stereocenters. The summed E-state index contributed by atoms with van der Waals surface area (Å²) in [6, 6.07) is 7.93. The largest absolute Gasteiger partial charge is 0.359 e. The molecular formula is C12H10BrN3OS. The topological polar surface area (TPSA) is 46.8 Å². The van der Waals surface area contributed by atoms with Crippen molar-refractivity contribution < 1.29 is 4.52 Å². The van der Waals surface area contributed by atoms with Crippen LogP contribution in [0.2, 0.25) is 0 Å². The standard InChI is InChI=1S/C12H10BrN3OS/c1-7-4-9(17-15-7)6-16-11-5-8(13)2-3-10(11)14-12(16)18/h2-5H,6H2,1H3,(H,14,18). The molecule has 0 amide bonds. The van der Waals surface area contributed by atoms with Gasteiger partial charge in [-0.1, -0.05) is 21.1 Å². The Labute approximate surface area is 117 Å². The fraction of sp³-hybridized carbons (Fsp3) is 0.167. The van der Waals surface area contributed by atoms with E-state index in [-0.39, 0.29) is 0 Å². The highest BCUT2D eigenvalue weighted by Gasteiger charge is 2.08. The molecule has 0 saturated heterocycles. The van der Waals surface area contributed by atoms with Crippen molar-refractivity contribution in [1.82, 2.24) is 14.7 Å². The van der Waals surface area contributed by atoms with E-state index in [1.165, 1.54) is 0 Å². The number of hydrogen-bond donors (Lipinski definition) is 1. The molecule has 18 heavy (non-hydrogen) atoms. The van der Waals surface area contributed by atoms with Crippen molar-refractivity contribution in [3.8, 4) is 0 Å². The Hall–Kier alpha value is -1.40. The number of halogens is 1. The van der Waals surface area contributed by atoms with Gasteiger partial charge in [-0.3, -0.25) is 0 Å². The maximum atomic E-state index is 5.33. The van der Waals surface area contributed by atoms with Crippen LogP contribution in [0.5, 0.6) is 0 Å². The Morgan fingerprint density at radius 1 is 1.44 bits per heavy atom. The third-order valence-corrected chi connectivity index (χ3v) is 3.54. The van der Waals surface area contributed by atoms with Crippen LogP contribution < -0.4 is 0 Å². The zero-order valence-electron chi connectivity index (χ0n) is 9.61. The Balaban J connectivity index is 2.13. The molecule has 0 saturated carbocycles. The monoisotopic (exact) mass is 323 g/mol. The van der Waals surface area contributed by atoms with Gasteiger partial charge in [-0.15, -0.1) is 0 Å². The Morgan fingerprint density at radius 2 is 2.28 bits per heavy atom. The molecule has 4 nitrogen and oxygen atoms in total. The van der Waals surface area contributed by atoms with Gasteiger partial charge in [0.2, 0.25) is 0 Å². The van der Waals surface area contributed by atoms with Crippen LogP contribution >= 0.6 is 28.1 Å². The van der Waals surface area contributed by atoms with Crippen molar-refractivity contribution in [3.05, 3.63) is 45.0 Å². The maximum absolute atomic E-state index is 5.33. The first-order valence-electron chi connectivity index (χ1n) is 5.44. The lowest BCUT2D eigenvalue weighted by atomic mass is 10.3. The molecule has 2 aromatic heterocycles. The molecule has 92 valence electrons. The summed E-state index contributed by atoms with van der Waals surface area (Å²) in [4.78, 5) is 3.18. The molecule has 1 aromatic carbocycles. The van der Waals surface area contributed by atoms with Crippen LogP contribution in [0.25, 0.3) is 11.0 Å². The summed E-state index contributed by atoms with van der Waals surface area (Å²) in [6.07, 6.45) is 0. The fourth-order valence-corrected chi connectivity index (χ4v) is 2.55. The number of hydrogen-bond acceptors (Lipinski definition) is 3. The molecule has 0 aliphatic rings. The number of aryl methyl sites for hydroxylation is 1. The minimum Gasteiger partial charge on any atom is -0.359 e. The third kappa shape index (κ3) is 2.02. The molecule has 1 N–H and O–H groups in total. The number of rotatable bonds is 2. The zero-order valence-corrected chi connectivity index (χ0v) is 12.0. The van der Waals surface area contributed by atoms with Gasteiger partial charge < -0.3 is 14.1 Å². The second-order valence-corrected chi connectivity index (χ2v) is 5.41. The smallest absolute Gasteiger partial charge is 0.178 e. The van der Waals surface area contributed by atoms with Crippen LogP contribution in [0.1, 0.15) is 11.5 Å². The van der Waals surface area contributed by atoms with Crippen LogP contribution in [0.4, 0.5) is 0 Å². The molecular weight excluding hydrogens is 314 g/mol. The van der Waals surface area contributed by atoms with E-state index in [0.717, 1.165) is 27.0 Å². The van der Waals surface area contributed by atoms with Crippen LogP contribution in [-0.2, 0) is 6.54 Å². The number of imidazole rings is 1. The third-order valence-electron chi connectivity index (χ3n) is 2.73. The minimum atomic E-state index is 0.579. The van der Waals surface area contributed by atoms with E-state index in [1.807, 2.05) is 35.8 Å². The number of nitrogens with zero attached hydrogens (tertiary/aromatic N) is 2. The fourth-order valence-electron chi connectivity index (χ4n) is 1.93. The molecule has 3 aromatic rings. The lowest BCUT2D eigenvalue weighted by molar-refractivity contribution is 0.373. The van der Waals surface area contributed by atoms with E-state index < -0.39 is 0 Å². The summed E-state index contributed by atoms with van der Waals surface area (Å²) in [7, 11) is 0. The molecule has 0 radical (unpaired) electrons. The first-order chi connectivity index (χ1) is 8.63. The Morgan fingerprint density at radius 3 is 3.00 bits per heavy atom. The summed E-state index contributed by atoms with van der Waals surface area (Å²) < 4.78 is 8.92. The predicted octanol–water partition coefficient (Wildman–Crippen LogP) is 3.81. The van der Waals surface area contributed by atoms with E-state index in [2.05, 4.69) is 26.1 Å². The normalized spacial score (nSPS) is 11.2. The minimum absolute atomic E-state index is 0.579. The molecule has 6 heteroatoms. The summed E-state index contributed by atoms with van der Waals surface area (Å²) in [5.41, 5.74) is 2.93. The van der Waals surface area contributed by atoms with Gasteiger partial charge in [0.25, 0.3) is 0 Å². The molecule has 0 spiro atoms. The van der Waals surface area contributed by atoms with Gasteiger partial charge in [0, 0.05) is 10.5 Å².